The summed E-state index contributed by atoms with van der Waals surface area (Å²) in [6.07, 6.45) is 9.07. The second kappa shape index (κ2) is 4.24. The van der Waals surface area contributed by atoms with E-state index in [1.54, 1.807) is 12.1 Å². The largest absolute Gasteiger partial charge is 0.508 e. The summed E-state index contributed by atoms with van der Waals surface area (Å²) in [4.78, 5) is 0. The Morgan fingerprint density at radius 2 is 2.00 bits per heavy atom. The van der Waals surface area contributed by atoms with Crippen molar-refractivity contribution in [3.05, 3.63) is 36.7 Å². The highest BCUT2D eigenvalue weighted by atomic mass is 16.3. The first-order chi connectivity index (χ1) is 8.33. The molecule has 0 unspecified atom stereocenters. The van der Waals surface area contributed by atoms with Gasteiger partial charge in [0.05, 0.1) is 12.2 Å². The maximum atomic E-state index is 9.47. The molecule has 1 N–H and O–H groups in total. The average molecular weight is 228 g/mol. The molecule has 0 atom stereocenters. The highest BCUT2D eigenvalue weighted by Crippen LogP contribution is 2.30. The van der Waals surface area contributed by atoms with E-state index in [1.165, 1.54) is 25.7 Å². The number of rotatable bonds is 2. The fraction of sp³-hybridized carbons (Fsp3) is 0.357. The lowest BCUT2D eigenvalue weighted by Crippen LogP contribution is -2.04. The van der Waals surface area contributed by atoms with E-state index < -0.39 is 0 Å². The Bertz CT molecular complexity index is 512. The van der Waals surface area contributed by atoms with E-state index in [1.807, 2.05) is 18.3 Å². The number of aromatic hydroxyl groups is 1. The summed E-state index contributed by atoms with van der Waals surface area (Å²) in [7, 11) is 0. The Morgan fingerprint density at radius 1 is 1.18 bits per heavy atom. The minimum absolute atomic E-state index is 0.302. The summed E-state index contributed by atoms with van der Waals surface area (Å²) in [5.74, 6) is 0.302. The predicted molar refractivity (Wildman–Crippen MR) is 66.8 cm³/mol. The van der Waals surface area contributed by atoms with Crippen molar-refractivity contribution in [2.24, 2.45) is 0 Å². The smallest absolute Gasteiger partial charge is 0.116 e. The van der Waals surface area contributed by atoms with Crippen LogP contribution in [0.1, 0.15) is 31.7 Å². The summed E-state index contributed by atoms with van der Waals surface area (Å²) >= 11 is 0. The van der Waals surface area contributed by atoms with Crippen LogP contribution < -0.4 is 0 Å². The normalized spacial score (nSPS) is 16.5. The molecule has 0 aliphatic heterocycles. The maximum Gasteiger partial charge on any atom is 0.116 e. The number of phenols is 1. The molecule has 1 saturated carbocycles. The fourth-order valence-corrected chi connectivity index (χ4v) is 2.54. The number of phenolic OH excluding ortho intramolecular Hbond substituents is 1. The zero-order chi connectivity index (χ0) is 11.7. The number of benzene rings is 1. The van der Waals surface area contributed by atoms with Gasteiger partial charge >= 0.3 is 0 Å². The molecular weight excluding hydrogens is 212 g/mol. The monoisotopic (exact) mass is 228 g/mol. The Hall–Kier alpha value is -1.77. The summed E-state index contributed by atoms with van der Waals surface area (Å²) in [6, 6.07) is 7.88. The van der Waals surface area contributed by atoms with Gasteiger partial charge in [-0.2, -0.15) is 5.10 Å². The van der Waals surface area contributed by atoms with Gasteiger partial charge in [0.25, 0.3) is 0 Å². The fourth-order valence-electron chi connectivity index (χ4n) is 2.54. The second-order valence-electron chi connectivity index (χ2n) is 4.70. The predicted octanol–water partition coefficient (Wildman–Crippen LogP) is 3.37. The lowest BCUT2D eigenvalue weighted by atomic mass is 10.1. The van der Waals surface area contributed by atoms with Crippen molar-refractivity contribution in [2.75, 3.05) is 0 Å². The molecule has 1 fully saturated rings. The highest BCUT2D eigenvalue weighted by Gasteiger charge is 2.17. The van der Waals surface area contributed by atoms with E-state index in [4.69, 9.17) is 0 Å². The van der Waals surface area contributed by atoms with E-state index in [9.17, 15) is 5.11 Å². The molecule has 3 nitrogen and oxygen atoms in total. The molecule has 17 heavy (non-hydrogen) atoms. The Labute approximate surface area is 101 Å². The number of hydrogen-bond acceptors (Lipinski definition) is 2. The molecule has 1 heterocycles. The molecule has 1 aromatic carbocycles. The summed E-state index contributed by atoms with van der Waals surface area (Å²) in [5, 5.41) is 13.9. The van der Waals surface area contributed by atoms with Crippen LogP contribution in [0.4, 0.5) is 0 Å². The quantitative estimate of drug-likeness (QED) is 0.855. The first-order valence-electron chi connectivity index (χ1n) is 6.16. The number of hydrogen-bond donors (Lipinski definition) is 1. The third kappa shape index (κ3) is 2.05. The SMILES string of the molecule is Oc1cccc(-c2cnn(C3CCCC3)c2)c1. The summed E-state index contributed by atoms with van der Waals surface area (Å²) in [6.45, 7) is 0. The van der Waals surface area contributed by atoms with Gasteiger partial charge in [0.2, 0.25) is 0 Å². The molecule has 0 saturated heterocycles. The van der Waals surface area contributed by atoms with Crippen molar-refractivity contribution in [3.8, 4) is 16.9 Å². The third-order valence-corrected chi connectivity index (χ3v) is 3.48. The van der Waals surface area contributed by atoms with Crippen LogP contribution in [0, 0.1) is 0 Å². The average Bonchev–Trinajstić information content (AvgIpc) is 3.00. The lowest BCUT2D eigenvalue weighted by Gasteiger charge is -2.08. The minimum atomic E-state index is 0.302. The Morgan fingerprint density at radius 3 is 2.76 bits per heavy atom. The van der Waals surface area contributed by atoms with Crippen LogP contribution in [-0.2, 0) is 0 Å². The number of nitrogens with zero attached hydrogens (tertiary/aromatic N) is 2. The summed E-state index contributed by atoms with van der Waals surface area (Å²) < 4.78 is 2.08. The standard InChI is InChI=1S/C14H16N2O/c17-14-7-3-4-11(8-14)12-9-15-16(10-12)13-5-1-2-6-13/h3-4,7-10,13,17H,1-2,5-6H2. The van der Waals surface area contributed by atoms with Gasteiger partial charge in [0.15, 0.2) is 0 Å². The van der Waals surface area contributed by atoms with E-state index in [2.05, 4.69) is 16.0 Å². The van der Waals surface area contributed by atoms with Gasteiger partial charge in [0, 0.05) is 11.8 Å². The van der Waals surface area contributed by atoms with Crippen molar-refractivity contribution in [1.29, 1.82) is 0 Å². The molecule has 3 heteroatoms. The van der Waals surface area contributed by atoms with Gasteiger partial charge in [-0.15, -0.1) is 0 Å². The van der Waals surface area contributed by atoms with Gasteiger partial charge < -0.3 is 5.11 Å². The van der Waals surface area contributed by atoms with Gasteiger partial charge in [-0.3, -0.25) is 4.68 Å². The van der Waals surface area contributed by atoms with E-state index in [0.29, 0.717) is 11.8 Å². The molecular formula is C14H16N2O. The molecule has 0 radical (unpaired) electrons. The van der Waals surface area contributed by atoms with Crippen LogP contribution in [0.25, 0.3) is 11.1 Å². The maximum absolute atomic E-state index is 9.47. The van der Waals surface area contributed by atoms with Gasteiger partial charge in [-0.25, -0.2) is 0 Å². The molecule has 0 spiro atoms. The zero-order valence-electron chi connectivity index (χ0n) is 9.71. The van der Waals surface area contributed by atoms with Crippen LogP contribution in [0.15, 0.2) is 36.7 Å². The third-order valence-electron chi connectivity index (χ3n) is 3.48. The van der Waals surface area contributed by atoms with E-state index in [-0.39, 0.29) is 0 Å². The first-order valence-corrected chi connectivity index (χ1v) is 6.16. The lowest BCUT2D eigenvalue weighted by molar-refractivity contribution is 0.467. The number of aromatic nitrogens is 2. The molecule has 2 aromatic rings. The van der Waals surface area contributed by atoms with E-state index >= 15 is 0 Å². The van der Waals surface area contributed by atoms with Crippen molar-refractivity contribution < 1.29 is 5.11 Å². The van der Waals surface area contributed by atoms with Crippen LogP contribution in [0.2, 0.25) is 0 Å². The molecule has 0 bridgehead atoms. The van der Waals surface area contributed by atoms with Crippen molar-refractivity contribution >= 4 is 0 Å². The van der Waals surface area contributed by atoms with Gasteiger partial charge in [-0.1, -0.05) is 25.0 Å². The molecule has 1 aliphatic rings. The van der Waals surface area contributed by atoms with Crippen LogP contribution in [-0.4, -0.2) is 14.9 Å². The van der Waals surface area contributed by atoms with Gasteiger partial charge in [0.1, 0.15) is 5.75 Å². The summed E-state index contributed by atoms with van der Waals surface area (Å²) in [5.41, 5.74) is 2.10. The minimum Gasteiger partial charge on any atom is -0.508 e. The Balaban J connectivity index is 1.89. The zero-order valence-corrected chi connectivity index (χ0v) is 9.71. The van der Waals surface area contributed by atoms with E-state index in [0.717, 1.165) is 11.1 Å². The highest BCUT2D eigenvalue weighted by molar-refractivity contribution is 5.63. The van der Waals surface area contributed by atoms with Crippen LogP contribution in [0.3, 0.4) is 0 Å². The molecule has 3 rings (SSSR count). The van der Waals surface area contributed by atoms with Crippen molar-refractivity contribution in [2.45, 2.75) is 31.7 Å². The van der Waals surface area contributed by atoms with Crippen LogP contribution >= 0.6 is 0 Å². The second-order valence-corrected chi connectivity index (χ2v) is 4.70. The molecule has 0 amide bonds. The molecule has 1 aliphatic carbocycles. The van der Waals surface area contributed by atoms with Crippen molar-refractivity contribution in [3.63, 3.8) is 0 Å². The molecule has 88 valence electrons. The topological polar surface area (TPSA) is 38.1 Å². The molecule has 1 aromatic heterocycles. The van der Waals surface area contributed by atoms with Gasteiger partial charge in [-0.05, 0) is 30.5 Å². The van der Waals surface area contributed by atoms with Crippen LogP contribution in [0.5, 0.6) is 5.75 Å². The Kier molecular flexibility index (Phi) is 2.59. The first kappa shape index (κ1) is 10.4. The van der Waals surface area contributed by atoms with Crippen molar-refractivity contribution in [1.82, 2.24) is 9.78 Å².